The number of carboxylic acids is 1. The quantitative estimate of drug-likeness (QED) is 0.793. The van der Waals surface area contributed by atoms with Gasteiger partial charge in [0.15, 0.2) is 0 Å². The summed E-state index contributed by atoms with van der Waals surface area (Å²) in [6.07, 6.45) is 1.93. The monoisotopic (exact) mass is 285 g/mol. The van der Waals surface area contributed by atoms with Crippen molar-refractivity contribution in [3.05, 3.63) is 0 Å². The van der Waals surface area contributed by atoms with E-state index in [9.17, 15) is 9.59 Å². The highest BCUT2D eigenvalue weighted by Gasteiger charge is 2.26. The fourth-order valence-corrected chi connectivity index (χ4v) is 2.50. The molecule has 20 heavy (non-hydrogen) atoms. The van der Waals surface area contributed by atoms with E-state index in [4.69, 9.17) is 5.11 Å². The highest BCUT2D eigenvalue weighted by molar-refractivity contribution is 5.76. The van der Waals surface area contributed by atoms with E-state index >= 15 is 0 Å². The maximum atomic E-state index is 12.0. The lowest BCUT2D eigenvalue weighted by molar-refractivity contribution is -0.142. The van der Waals surface area contributed by atoms with E-state index in [0.29, 0.717) is 6.04 Å². The summed E-state index contributed by atoms with van der Waals surface area (Å²) in [4.78, 5) is 27.1. The molecule has 0 spiro atoms. The molecule has 116 valence electrons. The van der Waals surface area contributed by atoms with Crippen LogP contribution in [-0.4, -0.2) is 66.7 Å². The van der Waals surface area contributed by atoms with Crippen LogP contribution < -0.4 is 5.32 Å². The Morgan fingerprint density at radius 3 is 2.25 bits per heavy atom. The zero-order valence-corrected chi connectivity index (χ0v) is 12.9. The molecule has 1 atom stereocenters. The van der Waals surface area contributed by atoms with Crippen molar-refractivity contribution in [2.24, 2.45) is 11.8 Å². The first-order valence-electron chi connectivity index (χ1n) is 7.25. The fourth-order valence-electron chi connectivity index (χ4n) is 2.50. The molecule has 1 saturated heterocycles. The Balaban J connectivity index is 2.39. The van der Waals surface area contributed by atoms with Gasteiger partial charge in [0.2, 0.25) is 0 Å². The van der Waals surface area contributed by atoms with Crippen LogP contribution in [0.25, 0.3) is 0 Å². The average molecular weight is 285 g/mol. The number of nitrogens with one attached hydrogen (secondary N) is 1. The predicted octanol–water partition coefficient (Wildman–Crippen LogP) is 1.08. The molecule has 2 N–H and O–H groups in total. The second-order valence-electron chi connectivity index (χ2n) is 6.06. The Morgan fingerprint density at radius 1 is 1.30 bits per heavy atom. The molecule has 6 nitrogen and oxygen atoms in total. The molecule has 0 aromatic rings. The summed E-state index contributed by atoms with van der Waals surface area (Å²) in [5.41, 5.74) is 0. The summed E-state index contributed by atoms with van der Waals surface area (Å²) >= 11 is 0. The van der Waals surface area contributed by atoms with Gasteiger partial charge in [-0.15, -0.1) is 0 Å². The van der Waals surface area contributed by atoms with Crippen molar-refractivity contribution in [2.75, 3.05) is 33.7 Å². The third kappa shape index (κ3) is 4.67. The van der Waals surface area contributed by atoms with Crippen LogP contribution in [-0.2, 0) is 4.79 Å². The lowest BCUT2D eigenvalue weighted by Crippen LogP contribution is -2.49. The Bertz CT molecular complexity index is 337. The largest absolute Gasteiger partial charge is 0.481 e. The lowest BCUT2D eigenvalue weighted by atomic mass is 9.96. The zero-order valence-electron chi connectivity index (χ0n) is 12.9. The molecule has 1 aliphatic heterocycles. The van der Waals surface area contributed by atoms with E-state index in [2.05, 4.69) is 24.3 Å². The highest BCUT2D eigenvalue weighted by atomic mass is 16.4. The molecule has 1 aliphatic rings. The molecule has 0 radical (unpaired) electrons. The van der Waals surface area contributed by atoms with Crippen molar-refractivity contribution >= 4 is 12.0 Å². The van der Waals surface area contributed by atoms with Crippen LogP contribution in [0.2, 0.25) is 0 Å². The van der Waals surface area contributed by atoms with E-state index in [1.54, 1.807) is 4.90 Å². The van der Waals surface area contributed by atoms with Crippen LogP contribution in [0, 0.1) is 11.8 Å². The van der Waals surface area contributed by atoms with Crippen molar-refractivity contribution in [1.29, 1.82) is 0 Å². The van der Waals surface area contributed by atoms with Gasteiger partial charge in [-0.1, -0.05) is 13.8 Å². The van der Waals surface area contributed by atoms with Gasteiger partial charge >= 0.3 is 12.0 Å². The van der Waals surface area contributed by atoms with Crippen molar-refractivity contribution in [3.8, 4) is 0 Å². The number of urea groups is 1. The minimum Gasteiger partial charge on any atom is -0.481 e. The Morgan fingerprint density at radius 2 is 1.85 bits per heavy atom. The molecule has 1 fully saturated rings. The summed E-state index contributed by atoms with van der Waals surface area (Å²) in [5, 5.41) is 11.8. The van der Waals surface area contributed by atoms with Gasteiger partial charge in [0, 0.05) is 25.7 Å². The molecule has 0 aromatic heterocycles. The number of hydrogen-bond acceptors (Lipinski definition) is 3. The van der Waals surface area contributed by atoms with E-state index in [0.717, 1.165) is 25.9 Å². The molecule has 0 bridgehead atoms. The van der Waals surface area contributed by atoms with Gasteiger partial charge in [-0.05, 0) is 32.9 Å². The van der Waals surface area contributed by atoms with Crippen molar-refractivity contribution in [2.45, 2.75) is 32.7 Å². The van der Waals surface area contributed by atoms with Gasteiger partial charge in [-0.25, -0.2) is 4.79 Å². The van der Waals surface area contributed by atoms with Crippen LogP contribution in [0.15, 0.2) is 0 Å². The van der Waals surface area contributed by atoms with Crippen LogP contribution in [0.1, 0.15) is 26.7 Å². The number of nitrogens with zero attached hydrogens (tertiary/aromatic N) is 2. The summed E-state index contributed by atoms with van der Waals surface area (Å²) in [6, 6.07) is 0.385. The SMILES string of the molecule is CC(C)C(CNC(=O)N1CCC(N(C)C)CC1)C(=O)O. The number of carbonyl (C=O) groups is 2. The molecule has 0 aliphatic carbocycles. The number of amides is 2. The topological polar surface area (TPSA) is 72.9 Å². The minimum atomic E-state index is -0.855. The maximum Gasteiger partial charge on any atom is 0.317 e. The third-order valence-corrected chi connectivity index (χ3v) is 4.08. The maximum absolute atomic E-state index is 12.0. The molecule has 0 saturated carbocycles. The lowest BCUT2D eigenvalue weighted by Gasteiger charge is -2.35. The van der Waals surface area contributed by atoms with Gasteiger partial charge in [0.05, 0.1) is 5.92 Å². The summed E-state index contributed by atoms with van der Waals surface area (Å²) in [6.45, 7) is 5.36. The Kier molecular flexibility index (Phi) is 6.26. The summed E-state index contributed by atoms with van der Waals surface area (Å²) in [7, 11) is 4.11. The number of hydrogen-bond donors (Lipinski definition) is 2. The summed E-state index contributed by atoms with van der Waals surface area (Å²) < 4.78 is 0. The third-order valence-electron chi connectivity index (χ3n) is 4.08. The van der Waals surface area contributed by atoms with E-state index in [1.807, 2.05) is 13.8 Å². The van der Waals surface area contributed by atoms with Gasteiger partial charge in [0.25, 0.3) is 0 Å². The standard InChI is InChI=1S/C14H27N3O3/c1-10(2)12(13(18)19)9-15-14(20)17-7-5-11(6-8-17)16(3)4/h10-12H,5-9H2,1-4H3,(H,15,20)(H,18,19). The van der Waals surface area contributed by atoms with E-state index < -0.39 is 11.9 Å². The van der Waals surface area contributed by atoms with Crippen molar-refractivity contribution < 1.29 is 14.7 Å². The van der Waals surface area contributed by atoms with E-state index in [-0.39, 0.29) is 18.5 Å². The smallest absolute Gasteiger partial charge is 0.317 e. The van der Waals surface area contributed by atoms with Gasteiger partial charge in [-0.2, -0.15) is 0 Å². The first-order valence-corrected chi connectivity index (χ1v) is 7.25. The first kappa shape index (κ1) is 16.8. The van der Waals surface area contributed by atoms with E-state index in [1.165, 1.54) is 0 Å². The molecule has 2 amide bonds. The van der Waals surface area contributed by atoms with Crippen LogP contribution in [0.4, 0.5) is 4.79 Å². The number of likely N-dealkylation sites (tertiary alicyclic amines) is 1. The molecule has 1 heterocycles. The second kappa shape index (κ2) is 7.47. The number of piperidine rings is 1. The number of carboxylic acid groups (broad SMARTS) is 1. The van der Waals surface area contributed by atoms with Gasteiger partial charge in [0.1, 0.15) is 0 Å². The average Bonchev–Trinajstić information content (AvgIpc) is 2.38. The van der Waals surface area contributed by atoms with Crippen LogP contribution >= 0.6 is 0 Å². The highest BCUT2D eigenvalue weighted by Crippen LogP contribution is 2.14. The molecular formula is C14H27N3O3. The number of carbonyl (C=O) groups excluding carboxylic acids is 1. The molecule has 6 heteroatoms. The minimum absolute atomic E-state index is 0.00674. The van der Waals surface area contributed by atoms with Crippen LogP contribution in [0.5, 0.6) is 0 Å². The number of aliphatic carboxylic acids is 1. The molecule has 0 aromatic carbocycles. The predicted molar refractivity (Wildman–Crippen MR) is 77.6 cm³/mol. The van der Waals surface area contributed by atoms with Gasteiger partial charge < -0.3 is 20.2 Å². The summed E-state index contributed by atoms with van der Waals surface area (Å²) in [5.74, 6) is -1.38. The molecule has 1 unspecified atom stereocenters. The Hall–Kier alpha value is -1.30. The normalized spacial score (nSPS) is 18.4. The first-order chi connectivity index (χ1) is 9.32. The Labute approximate surface area is 121 Å². The van der Waals surface area contributed by atoms with Crippen LogP contribution in [0.3, 0.4) is 0 Å². The molecule has 1 rings (SSSR count). The number of rotatable bonds is 5. The zero-order chi connectivity index (χ0) is 15.3. The second-order valence-corrected chi connectivity index (χ2v) is 6.06. The fraction of sp³-hybridized carbons (Fsp3) is 0.857. The van der Waals surface area contributed by atoms with Crippen molar-refractivity contribution in [1.82, 2.24) is 15.1 Å². The van der Waals surface area contributed by atoms with Crippen molar-refractivity contribution in [3.63, 3.8) is 0 Å². The molecular weight excluding hydrogens is 258 g/mol. The van der Waals surface area contributed by atoms with Gasteiger partial charge in [-0.3, -0.25) is 4.79 Å².